The molecule has 12 atom stereocenters. The van der Waals surface area contributed by atoms with E-state index in [9.17, 15) is 62.6 Å². The van der Waals surface area contributed by atoms with Gasteiger partial charge in [0, 0.05) is 127 Å². The molecule has 7 rings (SSSR count). The molecule has 148 heavy (non-hydrogen) atoms. The molecule has 18 amide bonds. The predicted molar refractivity (Wildman–Crippen MR) is 542 cm³/mol. The van der Waals surface area contributed by atoms with E-state index in [0.717, 1.165) is 54.1 Å². The first-order valence-electron chi connectivity index (χ1n) is 50.7. The quantitative estimate of drug-likeness (QED) is 0.01000. The maximum atomic E-state index is 15.5. The first-order valence-corrected chi connectivity index (χ1v) is 50.7. The van der Waals surface area contributed by atoms with Crippen molar-refractivity contribution >= 4 is 123 Å². The summed E-state index contributed by atoms with van der Waals surface area (Å²) < 4.78 is 11.0. The van der Waals surface area contributed by atoms with Gasteiger partial charge in [-0.15, -0.1) is 5.10 Å². The molecular formula is C96H152N32O20. The number of unbranched alkanes of at least 4 members (excludes halogenated alkanes) is 13. The van der Waals surface area contributed by atoms with Crippen molar-refractivity contribution in [1.82, 2.24) is 130 Å². The van der Waals surface area contributed by atoms with Gasteiger partial charge in [0.2, 0.25) is 94.5 Å². The number of likely N-dealkylation sites (N-methyl/N-ethyl adjacent to an activating group) is 1. The number of aromatic amines is 3. The normalized spacial score (nSPS) is 18.1. The number of aliphatic hydroxyl groups is 1. The van der Waals surface area contributed by atoms with Gasteiger partial charge >= 0.3 is 6.03 Å². The van der Waals surface area contributed by atoms with E-state index in [1.165, 1.54) is 63.9 Å². The Labute approximate surface area is 859 Å². The zero-order valence-electron chi connectivity index (χ0n) is 84.7. The van der Waals surface area contributed by atoms with E-state index in [1.54, 1.807) is 74.6 Å². The fourth-order valence-corrected chi connectivity index (χ4v) is 16.8. The summed E-state index contributed by atoms with van der Waals surface area (Å²) in [5.41, 5.74) is 30.1. The van der Waals surface area contributed by atoms with E-state index < -0.39 is 244 Å². The summed E-state index contributed by atoms with van der Waals surface area (Å²) in [6, 6.07) is -3.11. The van der Waals surface area contributed by atoms with Crippen LogP contribution in [0, 0.1) is 10.8 Å². The molecule has 0 aliphatic carbocycles. The Hall–Kier alpha value is -14.6. The van der Waals surface area contributed by atoms with Gasteiger partial charge in [0.05, 0.1) is 44.5 Å². The summed E-state index contributed by atoms with van der Waals surface area (Å²) >= 11 is 0. The molecular weight excluding hydrogens is 1920 g/mol. The number of nitrogens with one attached hydrogen (secondary N) is 20. The highest BCUT2D eigenvalue weighted by molar-refractivity contribution is 6.01. The third-order valence-electron chi connectivity index (χ3n) is 24.8. The number of carbonyl (C=O) groups is 17. The topological polar surface area (TPSA) is 796 Å². The Bertz CT molecular complexity index is 5070. The second kappa shape index (κ2) is 66.5. The van der Waals surface area contributed by atoms with Crippen molar-refractivity contribution in [2.24, 2.45) is 28.7 Å². The van der Waals surface area contributed by atoms with Crippen LogP contribution in [0.3, 0.4) is 0 Å². The van der Waals surface area contributed by atoms with Gasteiger partial charge in [0.15, 0.2) is 11.9 Å². The minimum atomic E-state index is -1.89. The molecule has 2 fully saturated rings. The Balaban J connectivity index is 1.02. The van der Waals surface area contributed by atoms with Crippen LogP contribution in [0.25, 0.3) is 10.9 Å². The van der Waals surface area contributed by atoms with Gasteiger partial charge in [-0.3, -0.25) is 87.5 Å². The van der Waals surface area contributed by atoms with Gasteiger partial charge in [-0.1, -0.05) is 139 Å². The standard InChI is InChI=1S/C96H152N32O20/c1-4-5-30-67(84(136)116-70-37-39-80(132)105-40-25-24-32-66(83(98)135)114-88(140)72(49-61-52-108-65-31-23-22-29-64(61)65)117-85(137)68(33-26-41-107-94(99)100)115-87(139)71(48-60-27-18-17-19-28-60)118-91(143)76-51-63(129)56-128(76)93(70)145)112-81(133)57-127(44-43-126(2)3)92(144)73(50-62-53-104-59-111-62)119-89(141)75(55-110-96(103)146)121-90(142)74(54-109-95(101)102)120-86(138)69(36-38-77(97)130)113-82(134)58-148-47-46-147-45-42-106-79(131)35-21-16-14-12-10-8-6-7-9-11-13-15-20-34-78-122-124-125-123-78/h17-19,22-23,27-29,31,52-53,59,63,66-76,108,129H,4-16,20-21,24-26,30,32-51,54-58H2,1-3H3,(H2,97,130)(H2,98,135)(H,104,111)(H,105,132)(H,106,131)(H,112,133)(H,113,134)(H,114,140)(H,115,139)(H,116,136)(H,117,137)(H,118,143)(H,119,141)(H,120,138)(H,121,142)(H4,99,100,107)(H4,101,102,109)(H3,103,110,146)(H,122,123,124,125)/t63-,66+,67+,68+,69+,70+,71-,72+,73+,74+,75+,76+/m1/s1. The first kappa shape index (κ1) is 120. The molecule has 52 nitrogen and oxygen atoms in total. The lowest BCUT2D eigenvalue weighted by molar-refractivity contribution is -0.143. The minimum absolute atomic E-state index is 0.0134. The van der Waals surface area contributed by atoms with Crippen LogP contribution in [0.15, 0.2) is 73.3 Å². The van der Waals surface area contributed by atoms with E-state index in [4.69, 9.17) is 49.0 Å². The number of ether oxygens (including phenoxy) is 2. The number of hydrogen-bond acceptors (Lipinski definition) is 27. The SMILES string of the molecule is CCCC[C@H](NC(=O)CN(CCN(C)C)C(=O)[C@H](Cc1c[nH]cn1)NC(=O)[C@H](CNC(N)=O)NC(=O)[C@H](CNC(=N)N)NC(=O)[C@H](CCC(N)=O)NC(=O)COCCOCCNC(=O)CCCCCCCCCCCCCCCc1nnn[nH]1)C(=O)N[C@H]1CCC(=O)NCCCC[C@@H](C(N)=O)NC(=O)[C@H](Cc2c[nH]c3ccccc23)NC(=O)[C@H](CCCNC(=N)N)NC(=O)[C@@H](Cc2ccccc2)NC(=O)[C@@H]2C[C@@H](O)CN2C1=O. The number of benzene rings is 2. The molecule has 52 heteroatoms. The number of fused-ring (bicyclic) bond motifs is 2. The fraction of sp³-hybridized carbons (Fsp3) is 0.615. The summed E-state index contributed by atoms with van der Waals surface area (Å²) in [5.74, 6) is -14.6. The summed E-state index contributed by atoms with van der Waals surface area (Å²) in [5, 5.41) is 80.8. The van der Waals surface area contributed by atoms with Crippen LogP contribution < -0.4 is 108 Å². The van der Waals surface area contributed by atoms with Gasteiger partial charge in [0.25, 0.3) is 0 Å². The second-order valence-corrected chi connectivity index (χ2v) is 37.1. The number of tetrazole rings is 1. The van der Waals surface area contributed by atoms with Crippen LogP contribution in [-0.4, -0.2) is 340 Å². The number of amides is 18. The number of rotatable bonds is 61. The molecule has 816 valence electrons. The number of hydrogen-bond donors (Lipinski definition) is 26. The predicted octanol–water partition coefficient (Wildman–Crippen LogP) is -4.08. The fourth-order valence-electron chi connectivity index (χ4n) is 16.8. The van der Waals surface area contributed by atoms with Crippen molar-refractivity contribution in [3.05, 3.63) is 96.0 Å². The van der Waals surface area contributed by atoms with Crippen LogP contribution >= 0.6 is 0 Å². The number of primary amides is 3. The number of aromatic nitrogens is 7. The molecule has 2 saturated heterocycles. The molecule has 5 aromatic rings. The lowest BCUT2D eigenvalue weighted by Gasteiger charge is -2.31. The van der Waals surface area contributed by atoms with Gasteiger partial charge in [-0.25, -0.2) is 14.9 Å². The summed E-state index contributed by atoms with van der Waals surface area (Å²) in [4.78, 5) is 256. The van der Waals surface area contributed by atoms with E-state index in [1.807, 2.05) is 12.1 Å². The van der Waals surface area contributed by atoms with Crippen LogP contribution in [0.2, 0.25) is 0 Å². The van der Waals surface area contributed by atoms with Crippen molar-refractivity contribution in [1.29, 1.82) is 10.8 Å². The number of nitrogens with two attached hydrogens (primary N) is 5. The molecule has 5 heterocycles. The number of H-pyrrole nitrogens is 3. The highest BCUT2D eigenvalue weighted by Gasteiger charge is 2.45. The number of nitrogens with zero attached hydrogens (tertiary/aromatic N) is 7. The van der Waals surface area contributed by atoms with E-state index in [2.05, 4.69) is 115 Å². The Morgan fingerprint density at radius 2 is 1.20 bits per heavy atom. The Kier molecular flexibility index (Phi) is 54.1. The van der Waals surface area contributed by atoms with Crippen molar-refractivity contribution < 1.29 is 96.1 Å². The molecule has 2 aromatic carbocycles. The van der Waals surface area contributed by atoms with Gasteiger partial charge in [-0.2, -0.15) is 0 Å². The maximum absolute atomic E-state index is 15.5. The first-order chi connectivity index (χ1) is 71.0. The monoisotopic (exact) mass is 2070 g/mol. The molecule has 2 aliphatic rings. The summed E-state index contributed by atoms with van der Waals surface area (Å²) in [6.07, 6.45) is 16.7. The number of urea groups is 1. The average molecular weight is 2070 g/mol. The van der Waals surface area contributed by atoms with Crippen LogP contribution in [0.5, 0.6) is 0 Å². The molecule has 31 N–H and O–H groups in total. The zero-order valence-corrected chi connectivity index (χ0v) is 84.7. The van der Waals surface area contributed by atoms with E-state index >= 15 is 24.0 Å². The van der Waals surface area contributed by atoms with Crippen molar-refractivity contribution in [3.8, 4) is 0 Å². The molecule has 0 spiro atoms. The third-order valence-corrected chi connectivity index (χ3v) is 24.8. The molecule has 2 aliphatic heterocycles. The smallest absolute Gasteiger partial charge is 0.312 e. The lowest BCUT2D eigenvalue weighted by Crippen LogP contribution is -2.63. The number of carbonyl (C=O) groups excluding carboxylic acids is 17. The minimum Gasteiger partial charge on any atom is -0.391 e. The maximum Gasteiger partial charge on any atom is 0.312 e. The largest absolute Gasteiger partial charge is 0.391 e. The van der Waals surface area contributed by atoms with Crippen LogP contribution in [0.1, 0.15) is 203 Å². The van der Waals surface area contributed by atoms with E-state index in [0.29, 0.717) is 34.9 Å². The second-order valence-electron chi connectivity index (χ2n) is 37.1. The molecule has 0 unspecified atom stereocenters. The Morgan fingerprint density at radius 1 is 0.588 bits per heavy atom. The highest BCUT2D eigenvalue weighted by atomic mass is 16.5. The van der Waals surface area contributed by atoms with Crippen LogP contribution in [-0.2, 0) is 112 Å². The molecule has 0 bridgehead atoms. The Morgan fingerprint density at radius 3 is 1.85 bits per heavy atom. The number of aliphatic hydroxyl groups excluding tert-OH is 1. The number of aryl methyl sites for hydroxylation is 1. The number of imidazole rings is 1. The number of guanidine groups is 2. The van der Waals surface area contributed by atoms with Crippen molar-refractivity contribution in [2.75, 3.05) is 99.4 Å². The zero-order chi connectivity index (χ0) is 108. The molecule has 0 saturated carbocycles. The van der Waals surface area contributed by atoms with Gasteiger partial charge in [-0.05, 0) is 106 Å². The summed E-state index contributed by atoms with van der Waals surface area (Å²) in [7, 11) is 3.32. The average Bonchev–Trinajstić information content (AvgIpc) is 1.68. The lowest BCUT2D eigenvalue weighted by atomic mass is 10.0. The molecule has 0 radical (unpaired) electrons. The van der Waals surface area contributed by atoms with Crippen LogP contribution in [0.4, 0.5) is 4.79 Å². The highest BCUT2D eigenvalue weighted by Crippen LogP contribution is 2.25. The molecule has 3 aromatic heterocycles. The number of para-hydroxylation sites is 1. The van der Waals surface area contributed by atoms with Gasteiger partial charge < -0.3 is 148 Å². The van der Waals surface area contributed by atoms with Crippen molar-refractivity contribution in [3.63, 3.8) is 0 Å². The summed E-state index contributed by atoms with van der Waals surface area (Å²) in [6.45, 7) is -1.51. The van der Waals surface area contributed by atoms with Crippen molar-refractivity contribution in [2.45, 2.75) is 279 Å². The van der Waals surface area contributed by atoms with Gasteiger partial charge in [0.1, 0.15) is 78.9 Å². The van der Waals surface area contributed by atoms with E-state index in [-0.39, 0.29) is 128 Å². The third kappa shape index (κ3) is 46.0.